The summed E-state index contributed by atoms with van der Waals surface area (Å²) in [7, 11) is 0. The number of oxazole rings is 1. The van der Waals surface area contributed by atoms with Crippen molar-refractivity contribution in [2.75, 3.05) is 13.1 Å². The molecule has 0 fully saturated rings. The molecule has 0 aliphatic rings. The van der Waals surface area contributed by atoms with Crippen LogP contribution in [0.2, 0.25) is 15.1 Å². The van der Waals surface area contributed by atoms with Crippen LogP contribution in [0.1, 0.15) is 24.2 Å². The minimum atomic E-state index is -0.0414. The number of nitrogens with zero attached hydrogens (tertiary/aromatic N) is 2. The van der Waals surface area contributed by atoms with Crippen LogP contribution in [0.5, 0.6) is 0 Å². The highest BCUT2D eigenvalue weighted by molar-refractivity contribution is 6.44. The summed E-state index contributed by atoms with van der Waals surface area (Å²) in [5, 5.41) is 1.07. The monoisotopic (exact) mass is 396 g/mol. The van der Waals surface area contributed by atoms with Gasteiger partial charge in [0, 0.05) is 23.7 Å². The van der Waals surface area contributed by atoms with E-state index in [9.17, 15) is 4.79 Å². The molecule has 0 saturated heterocycles. The average molecular weight is 398 g/mol. The molecule has 1 amide bonds. The Morgan fingerprint density at radius 1 is 1.12 bits per heavy atom. The third-order valence-electron chi connectivity index (χ3n) is 3.91. The molecular weight excluding hydrogens is 383 g/mol. The maximum absolute atomic E-state index is 12.5. The number of hydrogen-bond acceptors (Lipinski definition) is 3. The van der Waals surface area contributed by atoms with Crippen LogP contribution in [0, 0.1) is 0 Å². The summed E-state index contributed by atoms with van der Waals surface area (Å²) in [6.45, 7) is 5.18. The van der Waals surface area contributed by atoms with Crippen LogP contribution < -0.4 is 0 Å². The lowest BCUT2D eigenvalue weighted by Gasteiger charge is -2.18. The van der Waals surface area contributed by atoms with Crippen molar-refractivity contribution in [1.82, 2.24) is 9.88 Å². The lowest BCUT2D eigenvalue weighted by Crippen LogP contribution is -2.30. The highest BCUT2D eigenvalue weighted by atomic mass is 35.5. The van der Waals surface area contributed by atoms with E-state index in [1.165, 1.54) is 0 Å². The van der Waals surface area contributed by atoms with Gasteiger partial charge in [-0.15, -0.1) is 0 Å². The van der Waals surface area contributed by atoms with Crippen molar-refractivity contribution in [1.29, 1.82) is 0 Å². The summed E-state index contributed by atoms with van der Waals surface area (Å²) in [6, 6.07) is 8.36. The molecule has 0 bridgehead atoms. The number of rotatable bonds is 4. The van der Waals surface area contributed by atoms with Crippen molar-refractivity contribution in [2.24, 2.45) is 0 Å². The molecule has 0 aliphatic carbocycles. The van der Waals surface area contributed by atoms with Gasteiger partial charge in [-0.2, -0.15) is 0 Å². The molecule has 0 unspecified atom stereocenters. The number of halogens is 3. The number of aromatic nitrogens is 1. The lowest BCUT2D eigenvalue weighted by molar-refractivity contribution is 0.0773. The number of benzene rings is 2. The summed E-state index contributed by atoms with van der Waals surface area (Å²) < 4.78 is 5.76. The van der Waals surface area contributed by atoms with Gasteiger partial charge in [0.1, 0.15) is 5.52 Å². The Kier molecular flexibility index (Phi) is 5.23. The Morgan fingerprint density at radius 2 is 1.84 bits per heavy atom. The van der Waals surface area contributed by atoms with E-state index < -0.39 is 0 Å². The Morgan fingerprint density at radius 3 is 2.52 bits per heavy atom. The zero-order chi connectivity index (χ0) is 18.1. The van der Waals surface area contributed by atoms with Crippen LogP contribution >= 0.6 is 34.8 Å². The zero-order valence-corrected chi connectivity index (χ0v) is 15.9. The fraction of sp³-hybridized carbons (Fsp3) is 0.222. The van der Waals surface area contributed by atoms with E-state index in [2.05, 4.69) is 4.98 Å². The van der Waals surface area contributed by atoms with Crippen LogP contribution in [-0.2, 0) is 0 Å². The van der Waals surface area contributed by atoms with Gasteiger partial charge in [-0.05, 0) is 44.2 Å². The van der Waals surface area contributed by atoms with Crippen molar-refractivity contribution in [3.63, 3.8) is 0 Å². The van der Waals surface area contributed by atoms with Gasteiger partial charge in [0.05, 0.1) is 15.6 Å². The Hall–Kier alpha value is -1.75. The second-order valence-corrected chi connectivity index (χ2v) is 6.65. The maximum Gasteiger partial charge on any atom is 0.253 e. The first-order valence-corrected chi connectivity index (χ1v) is 8.92. The molecule has 0 aliphatic heterocycles. The molecule has 1 aromatic heterocycles. The minimum absolute atomic E-state index is 0.0414. The van der Waals surface area contributed by atoms with Gasteiger partial charge in [0.2, 0.25) is 5.89 Å². The Bertz CT molecular complexity index is 949. The number of carbonyl (C=O) groups excluding carboxylic acids is 1. The normalized spacial score (nSPS) is 11.1. The highest BCUT2D eigenvalue weighted by Crippen LogP contribution is 2.37. The van der Waals surface area contributed by atoms with E-state index >= 15 is 0 Å². The van der Waals surface area contributed by atoms with Crippen LogP contribution in [0.3, 0.4) is 0 Å². The van der Waals surface area contributed by atoms with Crippen molar-refractivity contribution in [3.05, 3.63) is 51.0 Å². The summed E-state index contributed by atoms with van der Waals surface area (Å²) in [5.41, 5.74) is 2.19. The van der Waals surface area contributed by atoms with Crippen molar-refractivity contribution in [2.45, 2.75) is 13.8 Å². The third kappa shape index (κ3) is 3.47. The van der Waals surface area contributed by atoms with E-state index in [1.807, 2.05) is 13.8 Å². The fourth-order valence-corrected chi connectivity index (χ4v) is 3.26. The summed E-state index contributed by atoms with van der Waals surface area (Å²) in [5.74, 6) is 0.261. The molecule has 2 aromatic carbocycles. The molecule has 0 atom stereocenters. The molecular formula is C18H15Cl3N2O2. The summed E-state index contributed by atoms with van der Waals surface area (Å²) >= 11 is 18.3. The fourth-order valence-electron chi connectivity index (χ4n) is 2.58. The van der Waals surface area contributed by atoms with Crippen molar-refractivity contribution in [3.8, 4) is 11.5 Å². The number of hydrogen-bond donors (Lipinski definition) is 0. The largest absolute Gasteiger partial charge is 0.436 e. The first-order valence-electron chi connectivity index (χ1n) is 7.79. The maximum atomic E-state index is 12.5. The van der Waals surface area contributed by atoms with Crippen LogP contribution in [0.25, 0.3) is 22.6 Å². The van der Waals surface area contributed by atoms with Gasteiger partial charge in [-0.3, -0.25) is 4.79 Å². The van der Waals surface area contributed by atoms with Gasteiger partial charge >= 0.3 is 0 Å². The van der Waals surface area contributed by atoms with Crippen LogP contribution in [0.4, 0.5) is 0 Å². The molecule has 25 heavy (non-hydrogen) atoms. The van der Waals surface area contributed by atoms with E-state index in [4.69, 9.17) is 39.2 Å². The van der Waals surface area contributed by atoms with E-state index in [-0.39, 0.29) is 5.91 Å². The quantitative estimate of drug-likeness (QED) is 0.512. The molecule has 0 N–H and O–H groups in total. The zero-order valence-electron chi connectivity index (χ0n) is 13.6. The molecule has 3 aromatic rings. The van der Waals surface area contributed by atoms with E-state index in [0.717, 1.165) is 0 Å². The number of carbonyl (C=O) groups is 1. The lowest BCUT2D eigenvalue weighted by atomic mass is 10.2. The second-order valence-electron chi connectivity index (χ2n) is 5.43. The average Bonchev–Trinajstić information content (AvgIpc) is 3.01. The first-order chi connectivity index (χ1) is 11.9. The minimum Gasteiger partial charge on any atom is -0.436 e. The standard InChI is InChI=1S/C18H15Cl3N2O2/c1-3-23(4-2)18(24)10-5-6-15-14(7-10)22-17(25-15)12-8-11(19)9-13(20)16(12)21/h5-9H,3-4H2,1-2H3. The molecule has 7 heteroatoms. The van der Waals surface area contributed by atoms with Gasteiger partial charge in [-0.25, -0.2) is 4.98 Å². The highest BCUT2D eigenvalue weighted by Gasteiger charge is 2.18. The van der Waals surface area contributed by atoms with Crippen molar-refractivity contribution >= 4 is 51.8 Å². The predicted molar refractivity (Wildman–Crippen MR) is 102 cm³/mol. The van der Waals surface area contributed by atoms with Gasteiger partial charge in [0.15, 0.2) is 5.58 Å². The topological polar surface area (TPSA) is 46.3 Å². The van der Waals surface area contributed by atoms with Gasteiger partial charge in [-0.1, -0.05) is 34.8 Å². The molecule has 130 valence electrons. The smallest absolute Gasteiger partial charge is 0.253 e. The van der Waals surface area contributed by atoms with E-state index in [1.54, 1.807) is 35.2 Å². The van der Waals surface area contributed by atoms with Gasteiger partial charge in [0.25, 0.3) is 5.91 Å². The van der Waals surface area contributed by atoms with Gasteiger partial charge < -0.3 is 9.32 Å². The molecule has 0 spiro atoms. The molecule has 1 heterocycles. The molecule has 3 rings (SSSR count). The summed E-state index contributed by atoms with van der Waals surface area (Å²) in [4.78, 5) is 18.7. The van der Waals surface area contributed by atoms with E-state index in [0.29, 0.717) is 56.3 Å². The molecule has 0 radical (unpaired) electrons. The first kappa shape index (κ1) is 18.1. The predicted octanol–water partition coefficient (Wildman–Crippen LogP) is 5.94. The third-order valence-corrected chi connectivity index (χ3v) is 4.93. The molecule has 4 nitrogen and oxygen atoms in total. The number of fused-ring (bicyclic) bond motifs is 1. The van der Waals surface area contributed by atoms with Crippen LogP contribution in [0.15, 0.2) is 34.7 Å². The number of amides is 1. The second kappa shape index (κ2) is 7.24. The summed E-state index contributed by atoms with van der Waals surface area (Å²) in [6.07, 6.45) is 0. The Balaban J connectivity index is 2.06. The van der Waals surface area contributed by atoms with Crippen molar-refractivity contribution < 1.29 is 9.21 Å². The SMILES string of the molecule is CCN(CC)C(=O)c1ccc2oc(-c3cc(Cl)cc(Cl)c3Cl)nc2c1. The van der Waals surface area contributed by atoms with Crippen LogP contribution in [-0.4, -0.2) is 28.9 Å². The molecule has 0 saturated carbocycles. The Labute approximate surface area is 160 Å².